The summed E-state index contributed by atoms with van der Waals surface area (Å²) in [6.45, 7) is 5.52. The van der Waals surface area contributed by atoms with Crippen molar-refractivity contribution in [1.29, 1.82) is 0 Å². The van der Waals surface area contributed by atoms with E-state index in [-0.39, 0.29) is 29.2 Å². The van der Waals surface area contributed by atoms with Gasteiger partial charge >= 0.3 is 0 Å². The second-order valence-corrected chi connectivity index (χ2v) is 8.22. The Morgan fingerprint density at radius 2 is 1.85 bits per heavy atom. The first-order chi connectivity index (χ1) is 15.9. The van der Waals surface area contributed by atoms with E-state index < -0.39 is 11.6 Å². The van der Waals surface area contributed by atoms with Crippen LogP contribution in [0.15, 0.2) is 48.8 Å². The lowest BCUT2D eigenvalue weighted by atomic mass is 10.1. The van der Waals surface area contributed by atoms with Crippen LogP contribution >= 0.6 is 0 Å². The maximum absolute atomic E-state index is 14.4. The molecule has 5 rings (SSSR count). The number of aromatic hydroxyl groups is 1. The molecule has 0 radical (unpaired) electrons. The fourth-order valence-corrected chi connectivity index (χ4v) is 4.36. The van der Waals surface area contributed by atoms with Crippen LogP contribution in [0, 0.1) is 11.6 Å². The predicted octanol–water partition coefficient (Wildman–Crippen LogP) is 4.97. The van der Waals surface area contributed by atoms with Crippen LogP contribution in [0.25, 0.3) is 22.2 Å². The van der Waals surface area contributed by atoms with Crippen molar-refractivity contribution in [2.45, 2.75) is 25.9 Å². The van der Waals surface area contributed by atoms with Crippen LogP contribution in [0.5, 0.6) is 5.88 Å². The molecule has 1 saturated heterocycles. The maximum atomic E-state index is 14.4. The van der Waals surface area contributed by atoms with Crippen molar-refractivity contribution in [1.82, 2.24) is 15.0 Å². The Kier molecular flexibility index (Phi) is 5.33. The molecule has 0 aliphatic carbocycles. The molecule has 0 amide bonds. The molecule has 7 nitrogen and oxygen atoms in total. The third-order valence-electron chi connectivity index (χ3n) is 5.83. The predicted molar refractivity (Wildman–Crippen MR) is 123 cm³/mol. The third kappa shape index (κ3) is 3.84. The van der Waals surface area contributed by atoms with Gasteiger partial charge in [0.25, 0.3) is 0 Å². The number of nitrogens with one attached hydrogen (secondary N) is 2. The number of hydrogen-bond acceptors (Lipinski definition) is 6. The van der Waals surface area contributed by atoms with E-state index in [1.807, 2.05) is 12.1 Å². The number of halogens is 2. The van der Waals surface area contributed by atoms with Crippen molar-refractivity contribution < 1.29 is 18.6 Å². The molecule has 0 bridgehead atoms. The normalized spacial score (nSPS) is 18.6. The van der Waals surface area contributed by atoms with Gasteiger partial charge in [-0.2, -0.15) is 0 Å². The zero-order valence-corrected chi connectivity index (χ0v) is 18.1. The summed E-state index contributed by atoms with van der Waals surface area (Å²) in [5.41, 5.74) is 1.63. The van der Waals surface area contributed by atoms with E-state index in [1.54, 1.807) is 6.20 Å². The topological polar surface area (TPSA) is 86.3 Å². The lowest BCUT2D eigenvalue weighted by Crippen LogP contribution is -2.49. The Morgan fingerprint density at radius 1 is 1.12 bits per heavy atom. The number of ether oxygens (including phenoxy) is 1. The summed E-state index contributed by atoms with van der Waals surface area (Å²) in [4.78, 5) is 13.8. The van der Waals surface area contributed by atoms with Crippen molar-refractivity contribution in [2.24, 2.45) is 0 Å². The Morgan fingerprint density at radius 3 is 2.52 bits per heavy atom. The Balaban J connectivity index is 1.52. The molecular weight excluding hydrogens is 428 g/mol. The lowest BCUT2D eigenvalue weighted by molar-refractivity contribution is 0.0756. The first-order valence-electron chi connectivity index (χ1n) is 10.7. The molecule has 4 aromatic rings. The molecule has 2 unspecified atom stereocenters. The number of aromatic amines is 1. The smallest absolute Gasteiger partial charge is 0.200 e. The Hall–Kier alpha value is -3.72. The summed E-state index contributed by atoms with van der Waals surface area (Å²) < 4.78 is 34.4. The van der Waals surface area contributed by atoms with Crippen LogP contribution in [0.1, 0.15) is 13.8 Å². The van der Waals surface area contributed by atoms with Gasteiger partial charge in [-0.05, 0) is 44.2 Å². The second-order valence-electron chi connectivity index (χ2n) is 8.22. The Bertz CT molecular complexity index is 1280. The largest absolute Gasteiger partial charge is 0.494 e. The van der Waals surface area contributed by atoms with E-state index in [4.69, 9.17) is 4.74 Å². The molecule has 1 aliphatic heterocycles. The molecule has 0 spiro atoms. The molecule has 33 heavy (non-hydrogen) atoms. The van der Waals surface area contributed by atoms with Gasteiger partial charge in [0.2, 0.25) is 0 Å². The molecule has 1 aromatic carbocycles. The van der Waals surface area contributed by atoms with Crippen LogP contribution < -0.4 is 10.2 Å². The van der Waals surface area contributed by atoms with Gasteiger partial charge in [-0.15, -0.1) is 0 Å². The minimum absolute atomic E-state index is 0.104. The zero-order chi connectivity index (χ0) is 23.1. The second kappa shape index (κ2) is 8.32. The van der Waals surface area contributed by atoms with Crippen LogP contribution in [-0.2, 0) is 4.74 Å². The molecule has 4 heterocycles. The summed E-state index contributed by atoms with van der Waals surface area (Å²) in [5, 5.41) is 13.8. The number of H-pyrrole nitrogens is 1. The minimum atomic E-state index is -0.719. The van der Waals surface area contributed by atoms with Crippen molar-refractivity contribution in [3.63, 3.8) is 0 Å². The fraction of sp³-hybridized carbons (Fsp3) is 0.250. The van der Waals surface area contributed by atoms with Gasteiger partial charge in [0.05, 0.1) is 52.9 Å². The van der Waals surface area contributed by atoms with Crippen LogP contribution in [0.4, 0.5) is 26.0 Å². The summed E-state index contributed by atoms with van der Waals surface area (Å²) in [5.74, 6) is -1.03. The van der Waals surface area contributed by atoms with Crippen LogP contribution in [0.2, 0.25) is 0 Å². The number of hydrogen-bond donors (Lipinski definition) is 3. The number of anilines is 3. The number of benzene rings is 1. The van der Waals surface area contributed by atoms with Crippen LogP contribution in [-0.4, -0.2) is 45.4 Å². The molecule has 3 aromatic heterocycles. The highest BCUT2D eigenvalue weighted by Crippen LogP contribution is 2.36. The third-order valence-corrected chi connectivity index (χ3v) is 5.83. The van der Waals surface area contributed by atoms with E-state index in [0.717, 1.165) is 5.69 Å². The average molecular weight is 451 g/mol. The maximum Gasteiger partial charge on any atom is 0.200 e. The van der Waals surface area contributed by atoms with E-state index in [9.17, 15) is 13.9 Å². The van der Waals surface area contributed by atoms with Gasteiger partial charge in [0.15, 0.2) is 5.88 Å². The van der Waals surface area contributed by atoms with Crippen molar-refractivity contribution in [3.05, 3.63) is 60.4 Å². The van der Waals surface area contributed by atoms with Gasteiger partial charge in [0, 0.05) is 18.3 Å². The fourth-order valence-electron chi connectivity index (χ4n) is 4.36. The van der Waals surface area contributed by atoms with Crippen molar-refractivity contribution >= 4 is 28.1 Å². The van der Waals surface area contributed by atoms with Crippen molar-refractivity contribution in [2.75, 3.05) is 23.4 Å². The van der Waals surface area contributed by atoms with Gasteiger partial charge in [-0.25, -0.2) is 18.7 Å². The minimum Gasteiger partial charge on any atom is -0.494 e. The highest BCUT2D eigenvalue weighted by Gasteiger charge is 2.26. The zero-order valence-electron chi connectivity index (χ0n) is 18.1. The molecular formula is C24H23F2N5O2. The number of nitrogens with zero attached hydrogens (tertiary/aromatic N) is 3. The number of morpholine rings is 1. The highest BCUT2D eigenvalue weighted by atomic mass is 19.1. The standard InChI is InChI=1S/C24H23F2N5O2/c1-13-11-33-12-14(2)31(13)15-6-7-21(27-9-15)30-19-8-18(22-16(25)4-3-5-17(22)26)29-20-10-28-24(32)23(19)20/h3-10,13-14,28,32H,11-12H2,1-2H3,(H,27,30). The lowest BCUT2D eigenvalue weighted by Gasteiger charge is -2.40. The molecule has 1 aliphatic rings. The molecule has 3 N–H and O–H groups in total. The molecule has 1 fully saturated rings. The monoisotopic (exact) mass is 451 g/mol. The molecule has 0 saturated carbocycles. The van der Waals surface area contributed by atoms with E-state index >= 15 is 0 Å². The SMILES string of the molecule is CC1COCC(C)N1c1ccc(Nc2cc(-c3c(F)cccc3F)nc3c[nH]c(O)c23)nc1. The van der Waals surface area contributed by atoms with E-state index in [1.165, 1.54) is 30.5 Å². The summed E-state index contributed by atoms with van der Waals surface area (Å²) >= 11 is 0. The number of aromatic nitrogens is 3. The van der Waals surface area contributed by atoms with Gasteiger partial charge in [-0.1, -0.05) is 6.07 Å². The average Bonchev–Trinajstić information content (AvgIpc) is 3.16. The first-order valence-corrected chi connectivity index (χ1v) is 10.7. The number of fused-ring (bicyclic) bond motifs is 1. The summed E-state index contributed by atoms with van der Waals surface area (Å²) in [6, 6.07) is 9.40. The molecule has 2 atom stereocenters. The first kappa shape index (κ1) is 21.1. The van der Waals surface area contributed by atoms with E-state index in [0.29, 0.717) is 35.6 Å². The summed E-state index contributed by atoms with van der Waals surface area (Å²) in [6.07, 6.45) is 3.25. The summed E-state index contributed by atoms with van der Waals surface area (Å²) in [7, 11) is 0. The highest BCUT2D eigenvalue weighted by molar-refractivity contribution is 5.99. The van der Waals surface area contributed by atoms with Gasteiger partial charge in [0.1, 0.15) is 17.5 Å². The quantitative estimate of drug-likeness (QED) is 0.406. The van der Waals surface area contributed by atoms with Crippen molar-refractivity contribution in [3.8, 4) is 17.1 Å². The van der Waals surface area contributed by atoms with E-state index in [2.05, 4.69) is 39.0 Å². The van der Waals surface area contributed by atoms with Crippen LogP contribution in [0.3, 0.4) is 0 Å². The van der Waals surface area contributed by atoms with Gasteiger partial charge in [-0.3, -0.25) is 0 Å². The number of rotatable bonds is 4. The number of pyridine rings is 2. The Labute approximate surface area is 189 Å². The molecule has 9 heteroatoms. The van der Waals surface area contributed by atoms with Gasteiger partial charge < -0.3 is 25.0 Å². The molecule has 170 valence electrons.